The van der Waals surface area contributed by atoms with Crippen LogP contribution in [0.1, 0.15) is 25.8 Å². The molecule has 6 heteroatoms. The lowest BCUT2D eigenvalue weighted by atomic mass is 10.1. The molecule has 0 aliphatic heterocycles. The molecule has 0 aliphatic carbocycles. The Kier molecular flexibility index (Phi) is 7.52. The van der Waals surface area contributed by atoms with Crippen LogP contribution < -0.4 is 15.5 Å². The van der Waals surface area contributed by atoms with E-state index in [0.29, 0.717) is 19.0 Å². The number of likely N-dealkylation sites (N-methyl/N-ethyl adjacent to an activating group) is 1. The Morgan fingerprint density at radius 2 is 1.86 bits per heavy atom. The normalized spacial score (nSPS) is 12.0. The average molecular weight is 310 g/mol. The van der Waals surface area contributed by atoms with Crippen molar-refractivity contribution >= 4 is 11.9 Å². The van der Waals surface area contributed by atoms with Crippen molar-refractivity contribution in [1.82, 2.24) is 10.6 Å². The number of benzene rings is 1. The Morgan fingerprint density at radius 3 is 2.45 bits per heavy atom. The molecule has 1 rings (SSSR count). The number of carbonyl (C=O) groups excluding carboxylic acids is 2. The number of carbonyl (C=O) groups is 2. The van der Waals surface area contributed by atoms with Crippen LogP contribution in [0.3, 0.4) is 0 Å². The molecule has 122 valence electrons. The second kappa shape index (κ2) is 9.15. The molecule has 1 atom stereocenters. The van der Waals surface area contributed by atoms with Crippen molar-refractivity contribution in [2.75, 3.05) is 20.1 Å². The Balaban J connectivity index is 2.28. The summed E-state index contributed by atoms with van der Waals surface area (Å²) in [7, 11) is 1.85. The van der Waals surface area contributed by atoms with Gasteiger partial charge in [-0.15, -0.1) is 0 Å². The van der Waals surface area contributed by atoms with Crippen LogP contribution in [0.4, 0.5) is 9.18 Å². The third-order valence-electron chi connectivity index (χ3n) is 3.14. The van der Waals surface area contributed by atoms with E-state index in [0.717, 1.165) is 16.9 Å². The lowest BCUT2D eigenvalue weighted by molar-refractivity contribution is -0.885. The number of rotatable bonds is 7. The van der Waals surface area contributed by atoms with E-state index in [2.05, 4.69) is 24.5 Å². The van der Waals surface area contributed by atoms with Crippen molar-refractivity contribution in [3.05, 3.63) is 35.6 Å². The zero-order valence-electron chi connectivity index (χ0n) is 13.4. The summed E-state index contributed by atoms with van der Waals surface area (Å²) in [4.78, 5) is 24.2. The largest absolute Gasteiger partial charge is 0.338 e. The average Bonchev–Trinajstić information content (AvgIpc) is 2.40. The Labute approximate surface area is 130 Å². The van der Waals surface area contributed by atoms with Crippen molar-refractivity contribution < 1.29 is 18.9 Å². The Bertz CT molecular complexity index is 489. The minimum atomic E-state index is -0.458. The molecule has 5 nitrogen and oxygen atoms in total. The zero-order valence-corrected chi connectivity index (χ0v) is 13.4. The molecule has 3 amide bonds. The van der Waals surface area contributed by atoms with Gasteiger partial charge in [0.2, 0.25) is 0 Å². The Morgan fingerprint density at radius 1 is 1.23 bits per heavy atom. The van der Waals surface area contributed by atoms with Gasteiger partial charge in [-0.05, 0) is 24.5 Å². The molecular weight excluding hydrogens is 285 g/mol. The van der Waals surface area contributed by atoms with Crippen LogP contribution in [0.15, 0.2) is 24.3 Å². The van der Waals surface area contributed by atoms with E-state index in [-0.39, 0.29) is 18.3 Å². The van der Waals surface area contributed by atoms with E-state index < -0.39 is 6.03 Å². The van der Waals surface area contributed by atoms with E-state index >= 15 is 0 Å². The highest BCUT2D eigenvalue weighted by atomic mass is 19.1. The van der Waals surface area contributed by atoms with Gasteiger partial charge in [-0.2, -0.15) is 0 Å². The fourth-order valence-corrected chi connectivity index (χ4v) is 1.98. The predicted molar refractivity (Wildman–Crippen MR) is 82.9 cm³/mol. The van der Waals surface area contributed by atoms with Gasteiger partial charge in [-0.3, -0.25) is 10.1 Å². The van der Waals surface area contributed by atoms with Gasteiger partial charge in [0, 0.05) is 12.1 Å². The van der Waals surface area contributed by atoms with E-state index in [9.17, 15) is 14.0 Å². The van der Waals surface area contributed by atoms with Crippen molar-refractivity contribution in [3.63, 3.8) is 0 Å². The van der Waals surface area contributed by atoms with Crippen molar-refractivity contribution in [3.8, 4) is 0 Å². The number of nitrogens with one attached hydrogen (secondary N) is 3. The summed E-state index contributed by atoms with van der Waals surface area (Å²) >= 11 is 0. The molecule has 0 spiro atoms. The molecule has 0 saturated heterocycles. The minimum absolute atomic E-state index is 0.176. The molecule has 0 bridgehead atoms. The number of amides is 3. The Hall–Kier alpha value is -1.95. The van der Waals surface area contributed by atoms with Crippen LogP contribution in [0.25, 0.3) is 0 Å². The molecule has 22 heavy (non-hydrogen) atoms. The second-order valence-corrected chi connectivity index (χ2v) is 5.92. The van der Waals surface area contributed by atoms with Crippen LogP contribution in [-0.4, -0.2) is 32.1 Å². The van der Waals surface area contributed by atoms with Gasteiger partial charge in [0.05, 0.1) is 7.05 Å². The highest BCUT2D eigenvalue weighted by Gasteiger charge is 2.13. The highest BCUT2D eigenvalue weighted by molar-refractivity contribution is 5.94. The maximum atomic E-state index is 12.8. The van der Waals surface area contributed by atoms with Gasteiger partial charge in [-0.1, -0.05) is 26.0 Å². The van der Waals surface area contributed by atoms with Gasteiger partial charge >= 0.3 is 6.03 Å². The number of urea groups is 1. The first-order valence-corrected chi connectivity index (χ1v) is 7.50. The number of hydrogen-bond acceptors (Lipinski definition) is 2. The first-order chi connectivity index (χ1) is 10.4. The van der Waals surface area contributed by atoms with Crippen LogP contribution >= 0.6 is 0 Å². The van der Waals surface area contributed by atoms with Gasteiger partial charge in [0.1, 0.15) is 12.4 Å². The maximum absolute atomic E-state index is 12.8. The van der Waals surface area contributed by atoms with Gasteiger partial charge < -0.3 is 10.2 Å². The summed E-state index contributed by atoms with van der Waals surface area (Å²) < 4.78 is 12.8. The number of halogens is 1. The van der Waals surface area contributed by atoms with Gasteiger partial charge in [-0.25, -0.2) is 9.18 Å². The second-order valence-electron chi connectivity index (χ2n) is 5.92. The van der Waals surface area contributed by atoms with E-state index in [1.165, 1.54) is 12.1 Å². The van der Waals surface area contributed by atoms with Crippen LogP contribution in [0.2, 0.25) is 0 Å². The fraction of sp³-hybridized carbons (Fsp3) is 0.500. The van der Waals surface area contributed by atoms with E-state index in [4.69, 9.17) is 0 Å². The molecule has 1 aromatic carbocycles. The molecular formula is C16H25FN3O2+. The summed E-state index contributed by atoms with van der Waals surface area (Å²) in [6, 6.07) is 5.71. The van der Waals surface area contributed by atoms with Crippen LogP contribution in [-0.2, 0) is 11.3 Å². The monoisotopic (exact) mass is 310 g/mol. The van der Waals surface area contributed by atoms with E-state index in [1.54, 1.807) is 12.1 Å². The quantitative estimate of drug-likeness (QED) is 0.695. The lowest BCUT2D eigenvalue weighted by Crippen LogP contribution is -3.09. The first-order valence-electron chi connectivity index (χ1n) is 7.50. The maximum Gasteiger partial charge on any atom is 0.321 e. The summed E-state index contributed by atoms with van der Waals surface area (Å²) in [6.45, 7) is 5.45. The number of hydrogen-bond donors (Lipinski definition) is 3. The molecule has 0 fully saturated rings. The highest BCUT2D eigenvalue weighted by Crippen LogP contribution is 2.00. The third kappa shape index (κ3) is 7.73. The van der Waals surface area contributed by atoms with Gasteiger partial charge in [0.25, 0.3) is 5.91 Å². The van der Waals surface area contributed by atoms with Crippen molar-refractivity contribution in [2.24, 2.45) is 5.92 Å². The number of imide groups is 1. The van der Waals surface area contributed by atoms with Crippen LogP contribution in [0, 0.1) is 11.7 Å². The third-order valence-corrected chi connectivity index (χ3v) is 3.14. The fourth-order valence-electron chi connectivity index (χ4n) is 1.98. The molecule has 0 aromatic heterocycles. The summed E-state index contributed by atoms with van der Waals surface area (Å²) in [6.07, 6.45) is 0.872. The first kappa shape index (κ1) is 18.1. The van der Waals surface area contributed by atoms with Crippen molar-refractivity contribution in [2.45, 2.75) is 26.8 Å². The molecule has 1 unspecified atom stereocenters. The predicted octanol–water partition coefficient (Wildman–Crippen LogP) is 0.712. The summed E-state index contributed by atoms with van der Waals surface area (Å²) in [5.74, 6) is -0.110. The molecule has 0 radical (unpaired) electrons. The molecule has 0 saturated carbocycles. The van der Waals surface area contributed by atoms with Gasteiger partial charge in [0.15, 0.2) is 6.54 Å². The summed E-state index contributed by atoms with van der Waals surface area (Å²) in [5.41, 5.74) is 0.938. The SMILES string of the molecule is CC(C)CCNC(=O)NC(=O)C[NH+](C)Cc1ccc(F)cc1. The standard InChI is InChI=1S/C16H24FN3O2/c1-12(2)8-9-18-16(22)19-15(21)11-20(3)10-13-4-6-14(17)7-5-13/h4-7,12H,8-11H2,1-3H3,(H2,18,19,21,22)/p+1. The molecule has 0 heterocycles. The molecule has 0 aliphatic rings. The van der Waals surface area contributed by atoms with E-state index in [1.807, 2.05) is 7.05 Å². The topological polar surface area (TPSA) is 62.6 Å². The zero-order chi connectivity index (χ0) is 16.5. The molecule has 3 N–H and O–H groups in total. The van der Waals surface area contributed by atoms with Crippen molar-refractivity contribution in [1.29, 1.82) is 0 Å². The lowest BCUT2D eigenvalue weighted by Gasteiger charge is -2.14. The van der Waals surface area contributed by atoms with Crippen LogP contribution in [0.5, 0.6) is 0 Å². The minimum Gasteiger partial charge on any atom is -0.338 e. The molecule has 1 aromatic rings. The number of quaternary nitrogens is 1. The smallest absolute Gasteiger partial charge is 0.321 e. The summed E-state index contributed by atoms with van der Waals surface area (Å²) in [5, 5.41) is 4.96.